The summed E-state index contributed by atoms with van der Waals surface area (Å²) in [7, 11) is 0. The fourth-order valence-corrected chi connectivity index (χ4v) is 3.30. The molecule has 0 aromatic heterocycles. The highest BCUT2D eigenvalue weighted by Crippen LogP contribution is 2.41. The molecule has 0 radical (unpaired) electrons. The van der Waals surface area contributed by atoms with Crippen LogP contribution in [0, 0.1) is 0 Å². The van der Waals surface area contributed by atoms with Crippen LogP contribution >= 0.6 is 11.8 Å². The maximum Gasteiger partial charge on any atom is 0.389 e. The fraction of sp³-hybridized carbons (Fsp3) is 1.00. The van der Waals surface area contributed by atoms with E-state index in [0.29, 0.717) is 6.42 Å². The van der Waals surface area contributed by atoms with Crippen molar-refractivity contribution in [3.05, 3.63) is 0 Å². The normalized spacial score (nSPS) is 29.4. The Labute approximate surface area is 93.0 Å². The highest BCUT2D eigenvalue weighted by Gasteiger charge is 2.36. The molecule has 0 amide bonds. The van der Waals surface area contributed by atoms with Gasteiger partial charge in [0.25, 0.3) is 0 Å². The predicted octanol–water partition coefficient (Wildman–Crippen LogP) is 3.33. The van der Waals surface area contributed by atoms with Crippen LogP contribution in [0.3, 0.4) is 0 Å². The molecule has 15 heavy (non-hydrogen) atoms. The highest BCUT2D eigenvalue weighted by atomic mass is 32.2. The number of halogens is 3. The summed E-state index contributed by atoms with van der Waals surface area (Å²) in [4.78, 5) is 0. The number of hydrogen-bond acceptors (Lipinski definition) is 2. The van der Waals surface area contributed by atoms with Crippen molar-refractivity contribution >= 4 is 11.8 Å². The molecule has 1 fully saturated rings. The van der Waals surface area contributed by atoms with Crippen molar-refractivity contribution in [1.29, 1.82) is 0 Å². The second kappa shape index (κ2) is 4.95. The van der Waals surface area contributed by atoms with Crippen LogP contribution in [0.5, 0.6) is 0 Å². The Hall–Kier alpha value is 0.100. The minimum absolute atomic E-state index is 0.00555. The predicted molar refractivity (Wildman–Crippen MR) is 58.0 cm³/mol. The number of nitrogens with two attached hydrogens (primary N) is 1. The summed E-state index contributed by atoms with van der Waals surface area (Å²) < 4.78 is 35.8. The van der Waals surface area contributed by atoms with Crippen molar-refractivity contribution in [3.63, 3.8) is 0 Å². The lowest BCUT2D eigenvalue weighted by Gasteiger charge is -2.30. The number of hydrogen-bond donors (Lipinski definition) is 1. The summed E-state index contributed by atoms with van der Waals surface area (Å²) in [6, 6.07) is -0.104. The SMILES string of the molecule is CC1(C(N)CCCC(F)(F)F)CCCS1. The molecule has 0 saturated carbocycles. The fourth-order valence-electron chi connectivity index (χ4n) is 1.92. The lowest BCUT2D eigenvalue weighted by molar-refractivity contribution is -0.135. The molecule has 1 heterocycles. The molecule has 2 atom stereocenters. The first-order valence-electron chi connectivity index (χ1n) is 5.30. The van der Waals surface area contributed by atoms with Crippen LogP contribution in [-0.4, -0.2) is 22.7 Å². The number of rotatable bonds is 4. The van der Waals surface area contributed by atoms with Crippen LogP contribution < -0.4 is 5.73 Å². The van der Waals surface area contributed by atoms with Crippen molar-refractivity contribution in [2.45, 2.75) is 56.0 Å². The van der Waals surface area contributed by atoms with Crippen molar-refractivity contribution in [2.24, 2.45) is 5.73 Å². The molecule has 0 spiro atoms. The molecule has 1 aliphatic heterocycles. The Morgan fingerprint density at radius 1 is 1.47 bits per heavy atom. The summed E-state index contributed by atoms with van der Waals surface area (Å²) in [5.74, 6) is 1.09. The summed E-state index contributed by atoms with van der Waals surface area (Å²) in [6.45, 7) is 2.07. The Bertz CT molecular complexity index is 199. The zero-order valence-electron chi connectivity index (χ0n) is 8.94. The van der Waals surface area contributed by atoms with Crippen LogP contribution in [0.1, 0.15) is 39.0 Å². The van der Waals surface area contributed by atoms with E-state index in [1.54, 1.807) is 11.8 Å². The largest absolute Gasteiger partial charge is 0.389 e. The number of alkyl halides is 3. The highest BCUT2D eigenvalue weighted by molar-refractivity contribution is 8.00. The minimum Gasteiger partial charge on any atom is -0.326 e. The van der Waals surface area contributed by atoms with E-state index in [2.05, 4.69) is 6.92 Å². The number of thioether (sulfide) groups is 1. The van der Waals surface area contributed by atoms with Crippen molar-refractivity contribution < 1.29 is 13.2 Å². The Morgan fingerprint density at radius 2 is 2.13 bits per heavy atom. The standard InChI is InChI=1S/C10H18F3NS/c1-9(5-3-7-15-9)8(14)4-2-6-10(11,12)13/h8H,2-7,14H2,1H3. The van der Waals surface area contributed by atoms with Gasteiger partial charge in [-0.05, 0) is 38.4 Å². The third-order valence-corrected chi connectivity index (χ3v) is 4.67. The zero-order valence-corrected chi connectivity index (χ0v) is 9.76. The second-order valence-corrected chi connectivity index (χ2v) is 6.01. The van der Waals surface area contributed by atoms with Gasteiger partial charge in [-0.25, -0.2) is 0 Å². The quantitative estimate of drug-likeness (QED) is 0.817. The van der Waals surface area contributed by atoms with Crippen LogP contribution in [0.2, 0.25) is 0 Å². The zero-order chi connectivity index (χ0) is 11.5. The monoisotopic (exact) mass is 241 g/mol. The summed E-state index contributed by atoms with van der Waals surface area (Å²) in [6.07, 6.45) is -1.95. The van der Waals surface area contributed by atoms with E-state index in [-0.39, 0.29) is 17.2 Å². The van der Waals surface area contributed by atoms with E-state index in [1.165, 1.54) is 0 Å². The van der Waals surface area contributed by atoms with Gasteiger partial charge in [0.1, 0.15) is 0 Å². The lowest BCUT2D eigenvalue weighted by atomic mass is 9.93. The molecule has 2 N–H and O–H groups in total. The first-order chi connectivity index (χ1) is 6.83. The molecular weight excluding hydrogens is 223 g/mol. The van der Waals surface area contributed by atoms with E-state index >= 15 is 0 Å². The molecule has 1 rings (SSSR count). The van der Waals surface area contributed by atoms with Gasteiger partial charge < -0.3 is 5.73 Å². The topological polar surface area (TPSA) is 26.0 Å². The van der Waals surface area contributed by atoms with Crippen molar-refractivity contribution in [2.75, 3.05) is 5.75 Å². The Balaban J connectivity index is 2.26. The molecule has 1 saturated heterocycles. The molecular formula is C10H18F3NS. The van der Waals surface area contributed by atoms with Gasteiger partial charge in [-0.2, -0.15) is 24.9 Å². The maximum atomic E-state index is 11.9. The average molecular weight is 241 g/mol. The molecule has 2 unspecified atom stereocenters. The third-order valence-electron chi connectivity index (χ3n) is 3.01. The molecule has 1 nitrogen and oxygen atoms in total. The van der Waals surface area contributed by atoms with Gasteiger partial charge >= 0.3 is 6.18 Å². The molecule has 1 aliphatic rings. The minimum atomic E-state index is -4.04. The second-order valence-electron chi connectivity index (χ2n) is 4.38. The molecule has 0 aliphatic carbocycles. The van der Waals surface area contributed by atoms with E-state index in [4.69, 9.17) is 5.73 Å². The molecule has 0 aromatic rings. The van der Waals surface area contributed by atoms with Gasteiger partial charge in [0.05, 0.1) is 0 Å². The maximum absolute atomic E-state index is 11.9. The first kappa shape index (κ1) is 13.2. The smallest absolute Gasteiger partial charge is 0.326 e. The Morgan fingerprint density at radius 3 is 2.60 bits per heavy atom. The summed E-state index contributed by atoms with van der Waals surface area (Å²) in [5.41, 5.74) is 5.95. The molecule has 0 aromatic carbocycles. The lowest BCUT2D eigenvalue weighted by Crippen LogP contribution is -2.41. The van der Waals surface area contributed by atoms with Gasteiger partial charge in [0.2, 0.25) is 0 Å². The third kappa shape index (κ3) is 4.23. The van der Waals surface area contributed by atoms with Crippen LogP contribution in [0.25, 0.3) is 0 Å². The van der Waals surface area contributed by atoms with E-state index < -0.39 is 12.6 Å². The molecule has 0 bridgehead atoms. The summed E-state index contributed by atoms with van der Waals surface area (Å²) in [5, 5.41) is 0. The van der Waals surface area contributed by atoms with Gasteiger partial charge in [-0.3, -0.25) is 0 Å². The average Bonchev–Trinajstić information content (AvgIpc) is 2.51. The van der Waals surface area contributed by atoms with E-state index in [9.17, 15) is 13.2 Å². The van der Waals surface area contributed by atoms with E-state index in [0.717, 1.165) is 18.6 Å². The van der Waals surface area contributed by atoms with Crippen LogP contribution in [-0.2, 0) is 0 Å². The summed E-state index contributed by atoms with van der Waals surface area (Å²) >= 11 is 1.80. The van der Waals surface area contributed by atoms with Gasteiger partial charge in [-0.1, -0.05) is 0 Å². The molecule has 5 heteroatoms. The van der Waals surface area contributed by atoms with Gasteiger partial charge in [-0.15, -0.1) is 0 Å². The van der Waals surface area contributed by atoms with Gasteiger partial charge in [0.15, 0.2) is 0 Å². The van der Waals surface area contributed by atoms with Crippen molar-refractivity contribution in [3.8, 4) is 0 Å². The molecule has 90 valence electrons. The van der Waals surface area contributed by atoms with Gasteiger partial charge in [0, 0.05) is 17.2 Å². The van der Waals surface area contributed by atoms with E-state index in [1.807, 2.05) is 0 Å². The first-order valence-corrected chi connectivity index (χ1v) is 6.28. The van der Waals surface area contributed by atoms with Crippen LogP contribution in [0.4, 0.5) is 13.2 Å². The van der Waals surface area contributed by atoms with Crippen LogP contribution in [0.15, 0.2) is 0 Å². The van der Waals surface area contributed by atoms with Crippen molar-refractivity contribution in [1.82, 2.24) is 0 Å². The Kier molecular flexibility index (Phi) is 4.35.